The molecule has 0 saturated heterocycles. The van der Waals surface area contributed by atoms with Crippen molar-refractivity contribution in [3.63, 3.8) is 0 Å². The zero-order valence-electron chi connectivity index (χ0n) is 12.8. The number of nitrogens with one attached hydrogen (secondary N) is 1. The van der Waals surface area contributed by atoms with Gasteiger partial charge in [-0.05, 0) is 61.4 Å². The lowest BCUT2D eigenvalue weighted by Gasteiger charge is -2.10. The van der Waals surface area contributed by atoms with E-state index in [0.29, 0.717) is 22.4 Å². The Hall–Kier alpha value is -2.46. The topological polar surface area (TPSA) is 37.8 Å². The molecule has 0 amide bonds. The number of nitrogens with zero attached hydrogens (tertiary/aromatic N) is 2. The van der Waals surface area contributed by atoms with E-state index >= 15 is 0 Å². The standard InChI is InChI=1S/C18H15ClFN3/c1-11-7-12(2)9-15(8-11)21-17-10-16(19)22-18(23-17)13-3-5-14(20)6-4-13/h3-10H,1-2H3,(H,21,22,23). The Morgan fingerprint density at radius 1 is 0.913 bits per heavy atom. The highest BCUT2D eigenvalue weighted by Gasteiger charge is 2.07. The van der Waals surface area contributed by atoms with Gasteiger partial charge in [-0.25, -0.2) is 14.4 Å². The van der Waals surface area contributed by atoms with Crippen molar-refractivity contribution in [2.75, 3.05) is 5.32 Å². The summed E-state index contributed by atoms with van der Waals surface area (Å²) >= 11 is 6.09. The number of halogens is 2. The van der Waals surface area contributed by atoms with E-state index in [2.05, 4.69) is 21.4 Å². The predicted molar refractivity (Wildman–Crippen MR) is 91.6 cm³/mol. The van der Waals surface area contributed by atoms with Crippen molar-refractivity contribution in [1.29, 1.82) is 0 Å². The van der Waals surface area contributed by atoms with Gasteiger partial charge in [-0.2, -0.15) is 0 Å². The molecule has 1 heterocycles. The maximum Gasteiger partial charge on any atom is 0.163 e. The molecule has 0 bridgehead atoms. The Labute approximate surface area is 139 Å². The SMILES string of the molecule is Cc1cc(C)cc(Nc2cc(Cl)nc(-c3ccc(F)cc3)n2)c1. The Bertz CT molecular complexity index is 827. The normalized spacial score (nSPS) is 10.6. The molecule has 0 unspecified atom stereocenters. The first kappa shape index (κ1) is 15.4. The summed E-state index contributed by atoms with van der Waals surface area (Å²) in [5.41, 5.74) is 3.96. The van der Waals surface area contributed by atoms with Crippen LogP contribution in [-0.4, -0.2) is 9.97 Å². The predicted octanol–water partition coefficient (Wildman–Crippen LogP) is 5.30. The number of aromatic nitrogens is 2. The van der Waals surface area contributed by atoms with Gasteiger partial charge in [0.1, 0.15) is 16.8 Å². The largest absolute Gasteiger partial charge is 0.340 e. The van der Waals surface area contributed by atoms with Gasteiger partial charge in [0.15, 0.2) is 5.82 Å². The molecule has 0 fully saturated rings. The van der Waals surface area contributed by atoms with E-state index in [1.165, 1.54) is 12.1 Å². The quantitative estimate of drug-likeness (QED) is 0.664. The molecule has 3 aromatic rings. The summed E-state index contributed by atoms with van der Waals surface area (Å²) in [5.74, 6) is 0.739. The third-order valence-electron chi connectivity index (χ3n) is 3.29. The second kappa shape index (κ2) is 6.34. The fraction of sp³-hybridized carbons (Fsp3) is 0.111. The lowest BCUT2D eigenvalue weighted by molar-refractivity contribution is 0.628. The lowest BCUT2D eigenvalue weighted by atomic mass is 10.1. The van der Waals surface area contributed by atoms with Crippen molar-refractivity contribution in [1.82, 2.24) is 9.97 Å². The molecule has 116 valence electrons. The molecule has 3 rings (SSSR count). The summed E-state index contributed by atoms with van der Waals surface area (Å²) in [5, 5.41) is 3.56. The van der Waals surface area contributed by atoms with Gasteiger partial charge >= 0.3 is 0 Å². The van der Waals surface area contributed by atoms with E-state index in [1.807, 2.05) is 26.0 Å². The molecule has 0 radical (unpaired) electrons. The average Bonchev–Trinajstić information content (AvgIpc) is 2.46. The molecule has 0 spiro atoms. The third-order valence-corrected chi connectivity index (χ3v) is 3.49. The number of rotatable bonds is 3. The molecule has 5 heteroatoms. The maximum atomic E-state index is 13.0. The fourth-order valence-electron chi connectivity index (χ4n) is 2.40. The minimum Gasteiger partial charge on any atom is -0.340 e. The van der Waals surface area contributed by atoms with E-state index in [1.54, 1.807) is 18.2 Å². The van der Waals surface area contributed by atoms with E-state index < -0.39 is 0 Å². The monoisotopic (exact) mass is 327 g/mol. The van der Waals surface area contributed by atoms with Crippen molar-refractivity contribution in [3.05, 3.63) is 70.6 Å². The molecule has 23 heavy (non-hydrogen) atoms. The first-order chi connectivity index (χ1) is 11.0. The van der Waals surface area contributed by atoms with E-state index in [-0.39, 0.29) is 5.82 Å². The van der Waals surface area contributed by atoms with Crippen LogP contribution in [0.3, 0.4) is 0 Å². The summed E-state index contributed by atoms with van der Waals surface area (Å²) in [6.45, 7) is 4.07. The van der Waals surface area contributed by atoms with Gasteiger partial charge in [-0.1, -0.05) is 17.7 Å². The molecule has 1 N–H and O–H groups in total. The van der Waals surface area contributed by atoms with Gasteiger partial charge in [0, 0.05) is 17.3 Å². The van der Waals surface area contributed by atoms with Crippen LogP contribution in [0, 0.1) is 19.7 Å². The van der Waals surface area contributed by atoms with Crippen molar-refractivity contribution in [3.8, 4) is 11.4 Å². The highest BCUT2D eigenvalue weighted by Crippen LogP contribution is 2.24. The number of hydrogen-bond donors (Lipinski definition) is 1. The Morgan fingerprint density at radius 3 is 2.22 bits per heavy atom. The maximum absolute atomic E-state index is 13.0. The first-order valence-electron chi connectivity index (χ1n) is 7.15. The average molecular weight is 328 g/mol. The summed E-state index contributed by atoms with van der Waals surface area (Å²) in [6.07, 6.45) is 0. The second-order valence-electron chi connectivity index (χ2n) is 5.41. The number of hydrogen-bond acceptors (Lipinski definition) is 3. The molecule has 1 aromatic heterocycles. The Kier molecular flexibility index (Phi) is 4.26. The Morgan fingerprint density at radius 2 is 1.57 bits per heavy atom. The molecule has 2 aromatic carbocycles. The van der Waals surface area contributed by atoms with Crippen LogP contribution in [0.1, 0.15) is 11.1 Å². The second-order valence-corrected chi connectivity index (χ2v) is 5.80. The number of anilines is 2. The van der Waals surface area contributed by atoms with Gasteiger partial charge in [0.2, 0.25) is 0 Å². The van der Waals surface area contributed by atoms with E-state index in [9.17, 15) is 4.39 Å². The van der Waals surface area contributed by atoms with Crippen molar-refractivity contribution in [2.45, 2.75) is 13.8 Å². The molecule has 3 nitrogen and oxygen atoms in total. The zero-order valence-corrected chi connectivity index (χ0v) is 13.5. The number of benzene rings is 2. The molecule has 0 aliphatic heterocycles. The van der Waals surface area contributed by atoms with Crippen molar-refractivity contribution >= 4 is 23.1 Å². The van der Waals surface area contributed by atoms with Crippen molar-refractivity contribution < 1.29 is 4.39 Å². The first-order valence-corrected chi connectivity index (χ1v) is 7.53. The summed E-state index contributed by atoms with van der Waals surface area (Å²) in [6, 6.07) is 13.8. The van der Waals surface area contributed by atoms with Crippen LogP contribution in [0.5, 0.6) is 0 Å². The summed E-state index contributed by atoms with van der Waals surface area (Å²) in [4.78, 5) is 8.66. The van der Waals surface area contributed by atoms with Crippen LogP contribution in [-0.2, 0) is 0 Å². The lowest BCUT2D eigenvalue weighted by Crippen LogP contribution is -1.98. The van der Waals surface area contributed by atoms with Gasteiger partial charge in [0.05, 0.1) is 0 Å². The van der Waals surface area contributed by atoms with Crippen LogP contribution >= 0.6 is 11.6 Å². The van der Waals surface area contributed by atoms with E-state index in [4.69, 9.17) is 11.6 Å². The highest BCUT2D eigenvalue weighted by atomic mass is 35.5. The van der Waals surface area contributed by atoms with Gasteiger partial charge in [0.25, 0.3) is 0 Å². The van der Waals surface area contributed by atoms with Crippen LogP contribution in [0.4, 0.5) is 15.9 Å². The molecule has 0 saturated carbocycles. The Balaban J connectivity index is 1.95. The molecular formula is C18H15ClFN3. The van der Waals surface area contributed by atoms with Gasteiger partial charge in [-0.3, -0.25) is 0 Å². The summed E-state index contributed by atoms with van der Waals surface area (Å²) in [7, 11) is 0. The molecule has 0 aliphatic rings. The van der Waals surface area contributed by atoms with Crippen LogP contribution in [0.15, 0.2) is 48.5 Å². The number of aryl methyl sites for hydroxylation is 2. The minimum atomic E-state index is -0.302. The van der Waals surface area contributed by atoms with Gasteiger partial charge in [-0.15, -0.1) is 0 Å². The molecular weight excluding hydrogens is 313 g/mol. The third kappa shape index (κ3) is 3.85. The minimum absolute atomic E-state index is 0.302. The smallest absolute Gasteiger partial charge is 0.163 e. The van der Waals surface area contributed by atoms with Crippen LogP contribution in [0.2, 0.25) is 5.15 Å². The zero-order chi connectivity index (χ0) is 16.4. The summed E-state index contributed by atoms with van der Waals surface area (Å²) < 4.78 is 13.0. The van der Waals surface area contributed by atoms with Crippen LogP contribution < -0.4 is 5.32 Å². The van der Waals surface area contributed by atoms with Gasteiger partial charge < -0.3 is 5.32 Å². The fourth-order valence-corrected chi connectivity index (χ4v) is 2.59. The van der Waals surface area contributed by atoms with Crippen molar-refractivity contribution in [2.24, 2.45) is 0 Å². The highest BCUT2D eigenvalue weighted by molar-refractivity contribution is 6.29. The van der Waals surface area contributed by atoms with Crippen LogP contribution in [0.25, 0.3) is 11.4 Å². The van der Waals surface area contributed by atoms with E-state index in [0.717, 1.165) is 16.8 Å². The molecule has 0 atom stereocenters. The molecule has 0 aliphatic carbocycles.